The van der Waals surface area contributed by atoms with E-state index in [9.17, 15) is 9.59 Å². The fourth-order valence-electron chi connectivity index (χ4n) is 2.49. The smallest absolute Gasteiger partial charge is 0.234 e. The molecule has 0 atom stereocenters. The maximum Gasteiger partial charge on any atom is 0.234 e. The lowest BCUT2D eigenvalue weighted by molar-refractivity contribution is -0.118. The first-order valence-corrected chi connectivity index (χ1v) is 10.7. The maximum absolute atomic E-state index is 12.3. The van der Waals surface area contributed by atoms with Crippen LogP contribution in [-0.2, 0) is 9.59 Å². The third-order valence-corrected chi connectivity index (χ3v) is 5.93. The van der Waals surface area contributed by atoms with Gasteiger partial charge in [-0.05, 0) is 31.9 Å². The fraction of sp³-hybridized carbons (Fsp3) is 0.444. The van der Waals surface area contributed by atoms with E-state index in [-0.39, 0.29) is 23.6 Å². The Morgan fingerprint density at radius 1 is 1.30 bits per heavy atom. The van der Waals surface area contributed by atoms with Gasteiger partial charge in [0.25, 0.3) is 0 Å². The van der Waals surface area contributed by atoms with Crippen LogP contribution in [0.25, 0.3) is 0 Å². The number of nitrogens with zero attached hydrogens (tertiary/aromatic N) is 3. The van der Waals surface area contributed by atoms with Crippen LogP contribution in [0.4, 0.5) is 10.8 Å². The van der Waals surface area contributed by atoms with Gasteiger partial charge in [-0.3, -0.25) is 14.5 Å². The molecule has 2 amide bonds. The lowest BCUT2D eigenvalue weighted by atomic mass is 10.3. The molecular weight excluding hydrogens is 384 g/mol. The quantitative estimate of drug-likeness (QED) is 0.506. The average molecular weight is 407 g/mol. The summed E-state index contributed by atoms with van der Waals surface area (Å²) in [4.78, 5) is 26.1. The first kappa shape index (κ1) is 19.6. The van der Waals surface area contributed by atoms with Crippen LogP contribution in [0.3, 0.4) is 0 Å². The molecule has 1 aromatic carbocycles. The Balaban J connectivity index is 1.57. The molecule has 1 saturated carbocycles. The van der Waals surface area contributed by atoms with Crippen molar-refractivity contribution in [3.05, 3.63) is 24.3 Å². The lowest BCUT2D eigenvalue weighted by Crippen LogP contribution is -2.32. The van der Waals surface area contributed by atoms with Crippen LogP contribution in [-0.4, -0.2) is 40.4 Å². The molecule has 7 nitrogen and oxygen atoms in total. The summed E-state index contributed by atoms with van der Waals surface area (Å²) in [5.74, 6) is 0.776. The van der Waals surface area contributed by atoms with E-state index < -0.39 is 0 Å². The van der Waals surface area contributed by atoms with Crippen molar-refractivity contribution in [3.63, 3.8) is 0 Å². The van der Waals surface area contributed by atoms with Crippen LogP contribution >= 0.6 is 23.1 Å². The Bertz CT molecular complexity index is 807. The summed E-state index contributed by atoms with van der Waals surface area (Å²) >= 11 is 2.66. The molecule has 0 radical (unpaired) electrons. The fourth-order valence-corrected chi connectivity index (χ4v) is 4.22. The van der Waals surface area contributed by atoms with Crippen LogP contribution in [0.2, 0.25) is 0 Å². The van der Waals surface area contributed by atoms with Crippen molar-refractivity contribution in [2.24, 2.45) is 0 Å². The topological polar surface area (TPSA) is 84.4 Å². The number of nitrogens with one attached hydrogen (secondary N) is 1. The number of carbonyl (C=O) groups is 2. The molecule has 9 heteroatoms. The Labute approximate surface area is 166 Å². The summed E-state index contributed by atoms with van der Waals surface area (Å²) in [7, 11) is 0. The normalized spacial score (nSPS) is 13.3. The minimum absolute atomic E-state index is 0.0653. The highest BCUT2D eigenvalue weighted by molar-refractivity contribution is 8.01. The Morgan fingerprint density at radius 2 is 2.07 bits per heavy atom. The molecule has 1 N–H and O–H groups in total. The minimum atomic E-state index is -0.146. The second-order valence-electron chi connectivity index (χ2n) is 5.97. The van der Waals surface area contributed by atoms with Gasteiger partial charge in [0, 0.05) is 12.5 Å². The van der Waals surface area contributed by atoms with Gasteiger partial charge in [-0.25, -0.2) is 0 Å². The molecule has 1 fully saturated rings. The van der Waals surface area contributed by atoms with Gasteiger partial charge in [0.2, 0.25) is 16.9 Å². The van der Waals surface area contributed by atoms with Crippen molar-refractivity contribution in [1.29, 1.82) is 0 Å². The highest BCUT2D eigenvalue weighted by Gasteiger charge is 2.35. The second kappa shape index (κ2) is 9.18. The number of aromatic nitrogens is 2. The van der Waals surface area contributed by atoms with Crippen molar-refractivity contribution >= 4 is 45.7 Å². The SMILES string of the molecule is CCOc1ccccc1NC(=O)CSc1nnc(N(C(=O)CC)C2CC2)s1. The van der Waals surface area contributed by atoms with Gasteiger partial charge in [-0.1, -0.05) is 42.2 Å². The van der Waals surface area contributed by atoms with Crippen molar-refractivity contribution in [2.45, 2.75) is 43.5 Å². The van der Waals surface area contributed by atoms with Crippen molar-refractivity contribution in [1.82, 2.24) is 10.2 Å². The maximum atomic E-state index is 12.3. The van der Waals surface area contributed by atoms with Crippen LogP contribution < -0.4 is 15.0 Å². The van der Waals surface area contributed by atoms with Gasteiger partial charge >= 0.3 is 0 Å². The van der Waals surface area contributed by atoms with Crippen LogP contribution in [0, 0.1) is 0 Å². The number of amides is 2. The predicted molar refractivity (Wildman–Crippen MR) is 108 cm³/mol. The van der Waals surface area contributed by atoms with E-state index in [1.807, 2.05) is 32.0 Å². The number of thioether (sulfide) groups is 1. The number of ether oxygens (including phenoxy) is 1. The molecule has 0 spiro atoms. The van der Waals surface area contributed by atoms with Gasteiger partial charge in [-0.2, -0.15) is 0 Å². The van der Waals surface area contributed by atoms with E-state index in [1.165, 1.54) is 23.1 Å². The van der Waals surface area contributed by atoms with Gasteiger partial charge in [0.15, 0.2) is 4.34 Å². The molecule has 1 heterocycles. The molecular formula is C18H22N4O3S2. The second-order valence-corrected chi connectivity index (χ2v) is 8.14. The molecule has 1 aliphatic rings. The number of rotatable bonds is 9. The molecule has 0 bridgehead atoms. The van der Waals surface area contributed by atoms with Crippen LogP contribution in [0.15, 0.2) is 28.6 Å². The number of para-hydroxylation sites is 2. The van der Waals surface area contributed by atoms with Gasteiger partial charge in [0.05, 0.1) is 18.0 Å². The molecule has 27 heavy (non-hydrogen) atoms. The highest BCUT2D eigenvalue weighted by atomic mass is 32.2. The summed E-state index contributed by atoms with van der Waals surface area (Å²) in [6, 6.07) is 7.59. The third-order valence-electron chi connectivity index (χ3n) is 3.87. The van der Waals surface area contributed by atoms with E-state index >= 15 is 0 Å². The molecule has 1 aliphatic carbocycles. The highest BCUT2D eigenvalue weighted by Crippen LogP contribution is 2.36. The first-order valence-electron chi connectivity index (χ1n) is 8.92. The molecule has 3 rings (SSSR count). The summed E-state index contributed by atoms with van der Waals surface area (Å²) in [5, 5.41) is 11.7. The number of carbonyl (C=O) groups excluding carboxylic acids is 2. The van der Waals surface area contributed by atoms with E-state index in [1.54, 1.807) is 11.0 Å². The van der Waals surface area contributed by atoms with Gasteiger partial charge < -0.3 is 10.1 Å². The van der Waals surface area contributed by atoms with E-state index in [4.69, 9.17) is 4.74 Å². The zero-order valence-electron chi connectivity index (χ0n) is 15.3. The standard InChI is InChI=1S/C18H22N4O3S2/c1-3-16(24)22(12-9-10-12)17-20-21-18(27-17)26-11-15(23)19-13-7-5-6-8-14(13)25-4-2/h5-8,12H,3-4,9-11H2,1-2H3,(H,19,23). The Kier molecular flexibility index (Phi) is 6.68. The summed E-state index contributed by atoms with van der Waals surface area (Å²) < 4.78 is 6.19. The molecule has 0 aliphatic heterocycles. The predicted octanol–water partition coefficient (Wildman–Crippen LogP) is 3.57. The van der Waals surface area contributed by atoms with Crippen molar-refractivity contribution in [2.75, 3.05) is 22.6 Å². The Hall–Kier alpha value is -2.13. The molecule has 0 unspecified atom stereocenters. The van der Waals surface area contributed by atoms with E-state index in [0.717, 1.165) is 12.8 Å². The van der Waals surface area contributed by atoms with E-state index in [2.05, 4.69) is 15.5 Å². The lowest BCUT2D eigenvalue weighted by Gasteiger charge is -2.17. The first-order chi connectivity index (χ1) is 13.1. The number of hydrogen-bond donors (Lipinski definition) is 1. The molecule has 144 valence electrons. The third kappa shape index (κ3) is 5.20. The minimum Gasteiger partial charge on any atom is -0.492 e. The Morgan fingerprint density at radius 3 is 2.78 bits per heavy atom. The zero-order chi connectivity index (χ0) is 19.2. The number of hydrogen-bond acceptors (Lipinski definition) is 7. The van der Waals surface area contributed by atoms with Crippen molar-refractivity contribution < 1.29 is 14.3 Å². The molecule has 0 saturated heterocycles. The summed E-state index contributed by atoms with van der Waals surface area (Å²) in [6.45, 7) is 4.28. The zero-order valence-corrected chi connectivity index (χ0v) is 16.9. The largest absolute Gasteiger partial charge is 0.492 e. The summed E-state index contributed by atoms with van der Waals surface area (Å²) in [5.41, 5.74) is 0.649. The number of benzene rings is 1. The van der Waals surface area contributed by atoms with Crippen LogP contribution in [0.1, 0.15) is 33.1 Å². The van der Waals surface area contributed by atoms with E-state index in [0.29, 0.717) is 33.9 Å². The van der Waals surface area contributed by atoms with Crippen molar-refractivity contribution in [3.8, 4) is 5.75 Å². The van der Waals surface area contributed by atoms with Gasteiger partial charge in [0.1, 0.15) is 5.75 Å². The summed E-state index contributed by atoms with van der Waals surface area (Å²) in [6.07, 6.45) is 2.46. The van der Waals surface area contributed by atoms with Crippen LogP contribution in [0.5, 0.6) is 5.75 Å². The number of anilines is 2. The molecule has 2 aromatic rings. The monoisotopic (exact) mass is 406 g/mol. The molecule has 1 aromatic heterocycles. The van der Waals surface area contributed by atoms with Gasteiger partial charge in [-0.15, -0.1) is 10.2 Å². The average Bonchev–Trinajstić information content (AvgIpc) is 3.39.